The molecule has 3 rings (SSSR count). The normalized spacial score (nSPS) is 33.2. The van der Waals surface area contributed by atoms with Crippen LogP contribution in [0.2, 0.25) is 0 Å². The summed E-state index contributed by atoms with van der Waals surface area (Å²) in [4.78, 5) is 29.5. The number of anilines is 1. The van der Waals surface area contributed by atoms with Crippen LogP contribution in [0.15, 0.2) is 18.3 Å². The van der Waals surface area contributed by atoms with Gasteiger partial charge in [-0.05, 0) is 53.0 Å². The van der Waals surface area contributed by atoms with Crippen molar-refractivity contribution >= 4 is 40.1 Å². The van der Waals surface area contributed by atoms with Crippen LogP contribution in [0.5, 0.6) is 0 Å². The molecule has 1 heterocycles. The van der Waals surface area contributed by atoms with Crippen LogP contribution >= 0.6 is 22.6 Å². The highest BCUT2D eigenvalue weighted by atomic mass is 127. The number of nitrogens with one attached hydrogen (secondary N) is 1. The molecule has 2 fully saturated rings. The van der Waals surface area contributed by atoms with Gasteiger partial charge in [0.05, 0.1) is 5.41 Å². The molecule has 1 aromatic rings. The molecule has 1 aromatic heterocycles. The fourth-order valence-corrected chi connectivity index (χ4v) is 4.37. The molecule has 2 aliphatic rings. The van der Waals surface area contributed by atoms with Gasteiger partial charge in [-0.3, -0.25) is 9.59 Å². The van der Waals surface area contributed by atoms with Crippen LogP contribution in [0.25, 0.3) is 0 Å². The number of rotatable bonds is 2. The highest BCUT2D eigenvalue weighted by molar-refractivity contribution is 14.1. The maximum Gasteiger partial charge on any atom is 0.232 e. The second-order valence-corrected chi connectivity index (χ2v) is 8.20. The molecule has 5 heteroatoms. The summed E-state index contributed by atoms with van der Waals surface area (Å²) in [5.41, 5.74) is -1.28. The van der Waals surface area contributed by atoms with Crippen molar-refractivity contribution in [3.8, 4) is 0 Å². The molecular formula is C16H19IN2O2. The van der Waals surface area contributed by atoms with Crippen LogP contribution in [0.3, 0.4) is 0 Å². The molecule has 2 aliphatic carbocycles. The molecule has 1 amide bonds. The topological polar surface area (TPSA) is 59.1 Å². The minimum Gasteiger partial charge on any atom is -0.310 e. The van der Waals surface area contributed by atoms with E-state index in [-0.39, 0.29) is 22.5 Å². The number of ketones is 1. The standard InChI is InChI=1S/C16H19IN2O2/c1-14(2)15(3)6-7-16(14,8-11(15)20)13(21)19-12-5-4-10(17)9-18-12/h4-5,9H,6-8H2,1-3H3,(H,18,19,21). The number of hydrogen-bond donors (Lipinski definition) is 1. The molecule has 0 saturated heterocycles. The van der Waals surface area contributed by atoms with Gasteiger partial charge in [-0.15, -0.1) is 0 Å². The average Bonchev–Trinajstić information content (AvgIpc) is 2.72. The van der Waals surface area contributed by atoms with E-state index in [4.69, 9.17) is 0 Å². The van der Waals surface area contributed by atoms with Crippen LogP contribution < -0.4 is 5.32 Å². The molecule has 0 aliphatic heterocycles. The quantitative estimate of drug-likeness (QED) is 0.777. The monoisotopic (exact) mass is 398 g/mol. The molecular weight excluding hydrogens is 379 g/mol. The number of fused-ring (bicyclic) bond motifs is 2. The third-order valence-corrected chi connectivity index (χ3v) is 6.75. The lowest BCUT2D eigenvalue weighted by Gasteiger charge is -2.38. The van der Waals surface area contributed by atoms with Crippen molar-refractivity contribution in [1.29, 1.82) is 0 Å². The lowest BCUT2D eigenvalue weighted by atomic mass is 9.64. The summed E-state index contributed by atoms with van der Waals surface area (Å²) in [5.74, 6) is 0.721. The van der Waals surface area contributed by atoms with E-state index in [2.05, 4.69) is 46.7 Å². The Morgan fingerprint density at radius 2 is 2.00 bits per heavy atom. The maximum absolute atomic E-state index is 12.9. The van der Waals surface area contributed by atoms with E-state index in [0.717, 1.165) is 16.4 Å². The number of aromatic nitrogens is 1. The lowest BCUT2D eigenvalue weighted by molar-refractivity contribution is -0.131. The van der Waals surface area contributed by atoms with Crippen molar-refractivity contribution in [1.82, 2.24) is 4.98 Å². The van der Waals surface area contributed by atoms with Crippen molar-refractivity contribution < 1.29 is 9.59 Å². The Kier molecular flexibility index (Phi) is 3.21. The Hall–Kier alpha value is -0.980. The molecule has 2 saturated carbocycles. The van der Waals surface area contributed by atoms with E-state index in [1.807, 2.05) is 13.0 Å². The molecule has 4 nitrogen and oxygen atoms in total. The van der Waals surface area contributed by atoms with Gasteiger partial charge in [0, 0.05) is 21.6 Å². The minimum atomic E-state index is -0.594. The molecule has 21 heavy (non-hydrogen) atoms. The zero-order valence-electron chi connectivity index (χ0n) is 12.5. The van der Waals surface area contributed by atoms with E-state index >= 15 is 0 Å². The fraction of sp³-hybridized carbons (Fsp3) is 0.562. The van der Waals surface area contributed by atoms with Crippen LogP contribution in [0.4, 0.5) is 5.82 Å². The Morgan fingerprint density at radius 1 is 1.29 bits per heavy atom. The molecule has 2 unspecified atom stereocenters. The lowest BCUT2D eigenvalue weighted by Crippen LogP contribution is -2.43. The zero-order chi connectivity index (χ0) is 15.5. The fourth-order valence-electron chi connectivity index (χ4n) is 4.05. The van der Waals surface area contributed by atoms with Crippen molar-refractivity contribution in [3.05, 3.63) is 21.9 Å². The third kappa shape index (κ3) is 1.82. The van der Waals surface area contributed by atoms with E-state index in [1.165, 1.54) is 0 Å². The first-order valence-corrected chi connectivity index (χ1v) is 8.27. The maximum atomic E-state index is 12.9. The van der Waals surface area contributed by atoms with Crippen LogP contribution in [-0.2, 0) is 9.59 Å². The number of carbonyl (C=O) groups excluding carboxylic acids is 2. The van der Waals surface area contributed by atoms with Gasteiger partial charge in [0.2, 0.25) is 5.91 Å². The number of hydrogen-bond acceptors (Lipinski definition) is 3. The Bertz CT molecular complexity index is 626. The first-order valence-electron chi connectivity index (χ1n) is 7.19. The van der Waals surface area contributed by atoms with E-state index in [1.54, 1.807) is 12.3 Å². The molecule has 0 aromatic carbocycles. The summed E-state index contributed by atoms with van der Waals surface area (Å²) in [6.07, 6.45) is 3.65. The molecule has 1 N–H and O–H groups in total. The van der Waals surface area contributed by atoms with Gasteiger partial charge in [-0.1, -0.05) is 20.8 Å². The average molecular weight is 398 g/mol. The van der Waals surface area contributed by atoms with Crippen molar-refractivity contribution in [3.63, 3.8) is 0 Å². The predicted molar refractivity (Wildman–Crippen MR) is 88.8 cm³/mol. The Morgan fingerprint density at radius 3 is 2.48 bits per heavy atom. The number of pyridine rings is 1. The third-order valence-electron chi connectivity index (χ3n) is 6.11. The molecule has 2 atom stereocenters. The van der Waals surface area contributed by atoms with Crippen LogP contribution in [0, 0.1) is 19.8 Å². The summed E-state index contributed by atoms with van der Waals surface area (Å²) < 4.78 is 1.02. The number of amides is 1. The highest BCUT2D eigenvalue weighted by Gasteiger charge is 2.72. The second-order valence-electron chi connectivity index (χ2n) is 6.95. The number of Topliss-reactive ketones (excluding diaryl/α,β-unsaturated/α-hetero) is 1. The van der Waals surface area contributed by atoms with Crippen LogP contribution in [-0.4, -0.2) is 16.7 Å². The zero-order valence-corrected chi connectivity index (χ0v) is 14.7. The Balaban J connectivity index is 1.91. The van der Waals surface area contributed by atoms with Crippen molar-refractivity contribution in [2.45, 2.75) is 40.0 Å². The minimum absolute atomic E-state index is 0.0595. The molecule has 2 bridgehead atoms. The number of halogens is 1. The van der Waals surface area contributed by atoms with Crippen LogP contribution in [0.1, 0.15) is 40.0 Å². The predicted octanol–water partition coefficient (Wildman–Crippen LogP) is 3.41. The summed E-state index contributed by atoms with van der Waals surface area (Å²) in [5, 5.41) is 2.92. The second kappa shape index (κ2) is 4.51. The van der Waals surface area contributed by atoms with Gasteiger partial charge < -0.3 is 5.32 Å². The first-order chi connectivity index (χ1) is 9.73. The van der Waals surface area contributed by atoms with E-state index in [0.29, 0.717) is 12.2 Å². The van der Waals surface area contributed by atoms with Gasteiger partial charge in [-0.2, -0.15) is 0 Å². The molecule has 112 valence electrons. The van der Waals surface area contributed by atoms with E-state index in [9.17, 15) is 9.59 Å². The summed E-state index contributed by atoms with van der Waals surface area (Å²) >= 11 is 2.18. The molecule has 0 radical (unpaired) electrons. The molecule has 0 spiro atoms. The summed E-state index contributed by atoms with van der Waals surface area (Å²) in [6, 6.07) is 3.71. The van der Waals surface area contributed by atoms with Gasteiger partial charge in [0.1, 0.15) is 11.6 Å². The van der Waals surface area contributed by atoms with E-state index < -0.39 is 5.41 Å². The van der Waals surface area contributed by atoms with Gasteiger partial charge in [-0.25, -0.2) is 4.98 Å². The first kappa shape index (κ1) is 14.9. The Labute approximate surface area is 138 Å². The SMILES string of the molecule is CC12CCC(C(=O)Nc3ccc(I)cn3)(CC1=O)C2(C)C. The smallest absolute Gasteiger partial charge is 0.232 e. The van der Waals surface area contributed by atoms with Crippen molar-refractivity contribution in [2.24, 2.45) is 16.2 Å². The largest absolute Gasteiger partial charge is 0.310 e. The van der Waals surface area contributed by atoms with Gasteiger partial charge in [0.15, 0.2) is 0 Å². The highest BCUT2D eigenvalue weighted by Crippen LogP contribution is 2.70. The van der Waals surface area contributed by atoms with Crippen molar-refractivity contribution in [2.75, 3.05) is 5.32 Å². The number of nitrogens with zero attached hydrogens (tertiary/aromatic N) is 1. The summed E-state index contributed by atoms with van der Waals surface area (Å²) in [7, 11) is 0. The number of carbonyl (C=O) groups is 2. The van der Waals surface area contributed by atoms with Gasteiger partial charge in [0.25, 0.3) is 0 Å². The summed E-state index contributed by atoms with van der Waals surface area (Å²) in [6.45, 7) is 6.14. The van der Waals surface area contributed by atoms with Gasteiger partial charge >= 0.3 is 0 Å².